The molecule has 0 N–H and O–H groups in total. The number of nitrogens with zero attached hydrogens (tertiary/aromatic N) is 2. The van der Waals surface area contributed by atoms with Crippen molar-refractivity contribution < 1.29 is 17.9 Å². The predicted molar refractivity (Wildman–Crippen MR) is 56.4 cm³/mol. The van der Waals surface area contributed by atoms with E-state index in [1.54, 1.807) is 4.90 Å². The van der Waals surface area contributed by atoms with Gasteiger partial charge in [0.15, 0.2) is 17.5 Å². The number of morpholine rings is 1. The molecule has 1 saturated heterocycles. The molecule has 0 aliphatic carbocycles. The highest BCUT2D eigenvalue weighted by Crippen LogP contribution is 2.23. The van der Waals surface area contributed by atoms with E-state index in [9.17, 15) is 13.2 Å². The number of rotatable bonds is 2. The zero-order valence-corrected chi connectivity index (χ0v) is 9.42. The first-order valence-electron chi connectivity index (χ1n) is 5.49. The van der Waals surface area contributed by atoms with Crippen LogP contribution in [0.2, 0.25) is 0 Å². The van der Waals surface area contributed by atoms with Crippen molar-refractivity contribution in [2.45, 2.75) is 19.4 Å². The summed E-state index contributed by atoms with van der Waals surface area (Å²) >= 11 is 0. The molecule has 0 amide bonds. The maximum atomic E-state index is 13.6. The average Bonchev–Trinajstić information content (AvgIpc) is 2.34. The van der Waals surface area contributed by atoms with Crippen molar-refractivity contribution in [2.75, 3.05) is 24.7 Å². The second kappa shape index (κ2) is 4.91. The average molecular weight is 246 g/mol. The zero-order chi connectivity index (χ0) is 12.4. The van der Waals surface area contributed by atoms with E-state index in [0.29, 0.717) is 25.8 Å². The van der Waals surface area contributed by atoms with Gasteiger partial charge in [-0.2, -0.15) is 9.37 Å². The van der Waals surface area contributed by atoms with E-state index >= 15 is 0 Å². The highest BCUT2D eigenvalue weighted by molar-refractivity contribution is 5.42. The molecule has 0 spiro atoms. The van der Waals surface area contributed by atoms with Gasteiger partial charge in [-0.1, -0.05) is 6.92 Å². The normalized spacial score (nSPS) is 20.7. The lowest BCUT2D eigenvalue weighted by Crippen LogP contribution is -2.46. The summed E-state index contributed by atoms with van der Waals surface area (Å²) in [7, 11) is 0. The summed E-state index contributed by atoms with van der Waals surface area (Å²) in [6.07, 6.45) is 0.722. The van der Waals surface area contributed by atoms with Crippen LogP contribution in [0.15, 0.2) is 6.07 Å². The molecular weight excluding hydrogens is 233 g/mol. The van der Waals surface area contributed by atoms with Crippen molar-refractivity contribution in [3.8, 4) is 0 Å². The van der Waals surface area contributed by atoms with Crippen molar-refractivity contribution >= 4 is 5.82 Å². The molecule has 0 saturated carbocycles. The summed E-state index contributed by atoms with van der Waals surface area (Å²) in [6, 6.07) is 0.468. The molecule has 17 heavy (non-hydrogen) atoms. The number of ether oxygens (including phenoxy) is 1. The molecule has 94 valence electrons. The molecular formula is C11H13F3N2O. The van der Waals surface area contributed by atoms with Gasteiger partial charge in [-0.15, -0.1) is 0 Å². The van der Waals surface area contributed by atoms with Gasteiger partial charge in [-0.3, -0.25) is 0 Å². The molecule has 6 heteroatoms. The zero-order valence-electron chi connectivity index (χ0n) is 9.42. The third-order valence-corrected chi connectivity index (χ3v) is 2.84. The van der Waals surface area contributed by atoms with Gasteiger partial charge in [0.05, 0.1) is 19.3 Å². The van der Waals surface area contributed by atoms with Crippen LogP contribution in [-0.2, 0) is 4.74 Å². The molecule has 1 unspecified atom stereocenters. The van der Waals surface area contributed by atoms with Crippen molar-refractivity contribution in [3.05, 3.63) is 23.6 Å². The van der Waals surface area contributed by atoms with Gasteiger partial charge in [-0.05, 0) is 6.42 Å². The van der Waals surface area contributed by atoms with Crippen LogP contribution in [0.4, 0.5) is 19.0 Å². The third-order valence-electron chi connectivity index (χ3n) is 2.84. The number of hydrogen-bond donors (Lipinski definition) is 0. The number of pyridine rings is 1. The molecule has 2 rings (SSSR count). The van der Waals surface area contributed by atoms with Crippen LogP contribution in [0.25, 0.3) is 0 Å². The monoisotopic (exact) mass is 246 g/mol. The van der Waals surface area contributed by atoms with Gasteiger partial charge in [0, 0.05) is 12.6 Å². The van der Waals surface area contributed by atoms with Crippen molar-refractivity contribution in [2.24, 2.45) is 0 Å². The SMILES string of the molecule is CCC1COCCN1c1nc(F)c(F)cc1F. The van der Waals surface area contributed by atoms with Crippen molar-refractivity contribution in [3.63, 3.8) is 0 Å². The third kappa shape index (κ3) is 2.36. The molecule has 0 aromatic carbocycles. The van der Waals surface area contributed by atoms with Crippen LogP contribution in [-0.4, -0.2) is 30.8 Å². The predicted octanol–water partition coefficient (Wildman–Crippen LogP) is 2.11. The van der Waals surface area contributed by atoms with Crippen LogP contribution >= 0.6 is 0 Å². The molecule has 1 fully saturated rings. The topological polar surface area (TPSA) is 25.4 Å². The smallest absolute Gasteiger partial charge is 0.251 e. The van der Waals surface area contributed by atoms with Crippen LogP contribution < -0.4 is 4.90 Å². The Bertz CT molecular complexity index is 414. The van der Waals surface area contributed by atoms with Gasteiger partial charge < -0.3 is 9.64 Å². The van der Waals surface area contributed by atoms with E-state index in [1.165, 1.54) is 0 Å². The quantitative estimate of drug-likeness (QED) is 0.747. The molecule has 2 heterocycles. The fourth-order valence-electron chi connectivity index (χ4n) is 1.91. The minimum absolute atomic E-state index is 0.0596. The lowest BCUT2D eigenvalue weighted by atomic mass is 10.1. The van der Waals surface area contributed by atoms with Crippen LogP contribution in [0, 0.1) is 17.6 Å². The maximum absolute atomic E-state index is 13.6. The van der Waals surface area contributed by atoms with Crippen molar-refractivity contribution in [1.82, 2.24) is 4.98 Å². The Hall–Kier alpha value is -1.30. The summed E-state index contributed by atoms with van der Waals surface area (Å²) < 4.78 is 44.7. The lowest BCUT2D eigenvalue weighted by Gasteiger charge is -2.36. The van der Waals surface area contributed by atoms with Gasteiger partial charge in [0.2, 0.25) is 0 Å². The van der Waals surface area contributed by atoms with Gasteiger partial charge >= 0.3 is 0 Å². The molecule has 0 bridgehead atoms. The molecule has 1 aliphatic rings. The van der Waals surface area contributed by atoms with E-state index < -0.39 is 17.6 Å². The highest BCUT2D eigenvalue weighted by atomic mass is 19.2. The Balaban J connectivity index is 2.34. The Morgan fingerprint density at radius 3 is 2.88 bits per heavy atom. The highest BCUT2D eigenvalue weighted by Gasteiger charge is 2.26. The Morgan fingerprint density at radius 2 is 2.18 bits per heavy atom. The Labute approximate surface area is 97.2 Å². The minimum atomic E-state index is -1.28. The molecule has 1 aliphatic heterocycles. The second-order valence-corrected chi connectivity index (χ2v) is 3.90. The number of hydrogen-bond acceptors (Lipinski definition) is 3. The standard InChI is InChI=1S/C11H13F3N2O/c1-2-7-6-17-4-3-16(7)11-9(13)5-8(12)10(14)15-11/h5,7H,2-4,6H2,1H3. The summed E-state index contributed by atoms with van der Waals surface area (Å²) in [5.74, 6) is -3.53. The number of aromatic nitrogens is 1. The number of anilines is 1. The van der Waals surface area contributed by atoms with Crippen molar-refractivity contribution in [1.29, 1.82) is 0 Å². The van der Waals surface area contributed by atoms with E-state index in [0.717, 1.165) is 6.42 Å². The second-order valence-electron chi connectivity index (χ2n) is 3.90. The first kappa shape index (κ1) is 12.2. The largest absolute Gasteiger partial charge is 0.377 e. The fourth-order valence-corrected chi connectivity index (χ4v) is 1.91. The molecule has 3 nitrogen and oxygen atoms in total. The van der Waals surface area contributed by atoms with Gasteiger partial charge in [0.1, 0.15) is 0 Å². The van der Waals surface area contributed by atoms with Gasteiger partial charge in [0.25, 0.3) is 5.95 Å². The molecule has 1 aromatic rings. The molecule has 0 radical (unpaired) electrons. The summed E-state index contributed by atoms with van der Waals surface area (Å²) in [5.41, 5.74) is 0. The maximum Gasteiger partial charge on any atom is 0.251 e. The van der Waals surface area contributed by atoms with Crippen LogP contribution in [0.1, 0.15) is 13.3 Å². The summed E-state index contributed by atoms with van der Waals surface area (Å²) in [5, 5.41) is 0. The summed E-state index contributed by atoms with van der Waals surface area (Å²) in [4.78, 5) is 4.97. The molecule has 1 aromatic heterocycles. The van der Waals surface area contributed by atoms with E-state index in [4.69, 9.17) is 4.74 Å². The Morgan fingerprint density at radius 1 is 1.41 bits per heavy atom. The van der Waals surface area contributed by atoms with Crippen LogP contribution in [0.3, 0.4) is 0 Å². The van der Waals surface area contributed by atoms with E-state index in [1.807, 2.05) is 6.92 Å². The lowest BCUT2D eigenvalue weighted by molar-refractivity contribution is 0.0920. The number of halogens is 3. The first-order valence-corrected chi connectivity index (χ1v) is 5.49. The minimum Gasteiger partial charge on any atom is -0.377 e. The Kier molecular flexibility index (Phi) is 3.51. The van der Waals surface area contributed by atoms with Gasteiger partial charge in [-0.25, -0.2) is 8.78 Å². The van der Waals surface area contributed by atoms with E-state index in [2.05, 4.69) is 4.98 Å². The van der Waals surface area contributed by atoms with E-state index in [-0.39, 0.29) is 11.9 Å². The fraction of sp³-hybridized carbons (Fsp3) is 0.545. The molecule has 1 atom stereocenters. The first-order chi connectivity index (χ1) is 8.13. The summed E-state index contributed by atoms with van der Waals surface area (Å²) in [6.45, 7) is 3.21. The van der Waals surface area contributed by atoms with Crippen LogP contribution in [0.5, 0.6) is 0 Å².